The fraction of sp³-hybridized carbons (Fsp3) is 0.562. The maximum atomic E-state index is 12.0. The molecule has 2 saturated carbocycles. The van der Waals surface area contributed by atoms with E-state index >= 15 is 0 Å². The van der Waals surface area contributed by atoms with Crippen molar-refractivity contribution in [2.45, 2.75) is 55.9 Å². The molecule has 6 nitrogen and oxygen atoms in total. The molecule has 23 heavy (non-hydrogen) atoms. The molecule has 2 aliphatic rings. The molecule has 0 radical (unpaired) electrons. The molecule has 7 heteroatoms. The van der Waals surface area contributed by atoms with E-state index in [1.165, 1.54) is 18.9 Å². The zero-order valence-electron chi connectivity index (χ0n) is 12.9. The van der Waals surface area contributed by atoms with Crippen molar-refractivity contribution in [2.75, 3.05) is 10.6 Å². The van der Waals surface area contributed by atoms with Gasteiger partial charge < -0.3 is 10.6 Å². The Morgan fingerprint density at radius 3 is 2.48 bits per heavy atom. The fourth-order valence-electron chi connectivity index (χ4n) is 3.03. The second-order valence-corrected chi connectivity index (χ2v) is 7.90. The van der Waals surface area contributed by atoms with E-state index in [0.717, 1.165) is 31.4 Å². The minimum Gasteiger partial charge on any atom is -0.382 e. The summed E-state index contributed by atoms with van der Waals surface area (Å²) in [5.41, 5.74) is 0.896. The van der Waals surface area contributed by atoms with Gasteiger partial charge in [0.1, 0.15) is 4.90 Å². The lowest BCUT2D eigenvalue weighted by molar-refractivity contribution is -0.116. The highest BCUT2D eigenvalue weighted by Gasteiger charge is 2.26. The molecule has 0 heterocycles. The summed E-state index contributed by atoms with van der Waals surface area (Å²) < 4.78 is 32.4. The molecule has 2 aliphatic carbocycles. The third kappa shape index (κ3) is 4.45. The van der Waals surface area contributed by atoms with Crippen molar-refractivity contribution in [3.8, 4) is 0 Å². The molecule has 0 spiro atoms. The molecule has 0 aromatic heterocycles. The fourth-order valence-corrected chi connectivity index (χ4v) is 3.66. The summed E-state index contributed by atoms with van der Waals surface area (Å²) >= 11 is 0. The Morgan fingerprint density at radius 1 is 1.17 bits per heavy atom. The zero-order chi connectivity index (χ0) is 16.4. The van der Waals surface area contributed by atoms with E-state index in [1.54, 1.807) is 12.1 Å². The third-order valence-corrected chi connectivity index (χ3v) is 5.34. The van der Waals surface area contributed by atoms with Crippen LogP contribution in [0.3, 0.4) is 0 Å². The van der Waals surface area contributed by atoms with Crippen LogP contribution < -0.4 is 10.6 Å². The van der Waals surface area contributed by atoms with Crippen LogP contribution in [0.25, 0.3) is 0 Å². The standard InChI is InChI=1S/C16H22N2O4S/c19-16(9-11-5-6-11)18-14-10-13(17-12-3-1-2-4-12)7-8-15(14)23(20,21)22/h7-8,10-12,17H,1-6,9H2,(H,18,19)(H,20,21,22). The summed E-state index contributed by atoms with van der Waals surface area (Å²) in [6.45, 7) is 0. The number of hydrogen-bond acceptors (Lipinski definition) is 4. The van der Waals surface area contributed by atoms with Gasteiger partial charge in [-0.3, -0.25) is 9.35 Å². The summed E-state index contributed by atoms with van der Waals surface area (Å²) in [7, 11) is -4.38. The molecular weight excluding hydrogens is 316 g/mol. The lowest BCUT2D eigenvalue weighted by atomic mass is 10.2. The highest BCUT2D eigenvalue weighted by Crippen LogP contribution is 2.33. The predicted octanol–water partition coefficient (Wildman–Crippen LogP) is 3.03. The minimum absolute atomic E-state index is 0.140. The molecule has 0 saturated heterocycles. The van der Waals surface area contributed by atoms with E-state index in [2.05, 4.69) is 10.6 Å². The van der Waals surface area contributed by atoms with Crippen molar-refractivity contribution < 1.29 is 17.8 Å². The quantitative estimate of drug-likeness (QED) is 0.693. The number of hydrogen-bond donors (Lipinski definition) is 3. The molecule has 0 atom stereocenters. The van der Waals surface area contributed by atoms with E-state index in [4.69, 9.17) is 0 Å². The maximum absolute atomic E-state index is 12.0. The second-order valence-electron chi connectivity index (χ2n) is 6.51. The Hall–Kier alpha value is -1.60. The first-order valence-electron chi connectivity index (χ1n) is 8.10. The van der Waals surface area contributed by atoms with Crippen molar-refractivity contribution in [1.29, 1.82) is 0 Å². The molecule has 0 unspecified atom stereocenters. The summed E-state index contributed by atoms with van der Waals surface area (Å²) in [5, 5.41) is 5.99. The van der Waals surface area contributed by atoms with Crippen LogP contribution in [0.2, 0.25) is 0 Å². The molecule has 2 fully saturated rings. The topological polar surface area (TPSA) is 95.5 Å². The first-order chi connectivity index (χ1) is 10.9. The van der Waals surface area contributed by atoms with Gasteiger partial charge >= 0.3 is 0 Å². The van der Waals surface area contributed by atoms with Crippen LogP contribution >= 0.6 is 0 Å². The van der Waals surface area contributed by atoms with Gasteiger partial charge in [-0.2, -0.15) is 8.42 Å². The van der Waals surface area contributed by atoms with Crippen molar-refractivity contribution in [1.82, 2.24) is 0 Å². The van der Waals surface area contributed by atoms with Crippen LogP contribution in [-0.4, -0.2) is 24.9 Å². The Bertz CT molecular complexity index is 692. The molecule has 0 aliphatic heterocycles. The van der Waals surface area contributed by atoms with Crippen LogP contribution in [0.4, 0.5) is 11.4 Å². The molecule has 3 rings (SSSR count). The average molecular weight is 338 g/mol. The van der Waals surface area contributed by atoms with Crippen molar-refractivity contribution in [3.05, 3.63) is 18.2 Å². The van der Waals surface area contributed by atoms with E-state index < -0.39 is 10.1 Å². The van der Waals surface area contributed by atoms with Gasteiger partial charge in [0.2, 0.25) is 5.91 Å². The second kappa shape index (κ2) is 6.49. The van der Waals surface area contributed by atoms with Crippen molar-refractivity contribution >= 4 is 27.4 Å². The number of benzene rings is 1. The molecule has 3 N–H and O–H groups in total. The highest BCUT2D eigenvalue weighted by atomic mass is 32.2. The molecule has 1 aromatic carbocycles. The SMILES string of the molecule is O=C(CC1CC1)Nc1cc(NC2CCCC2)ccc1S(=O)(=O)O. The van der Waals surface area contributed by atoms with Gasteiger partial charge in [-0.25, -0.2) is 0 Å². The van der Waals surface area contributed by atoms with E-state index in [-0.39, 0.29) is 16.5 Å². The normalized spacial score (nSPS) is 18.8. The number of rotatable bonds is 6. The number of nitrogens with one attached hydrogen (secondary N) is 2. The summed E-state index contributed by atoms with van der Waals surface area (Å²) in [5.74, 6) is 0.194. The molecule has 1 aromatic rings. The largest absolute Gasteiger partial charge is 0.382 e. The van der Waals surface area contributed by atoms with Crippen LogP contribution in [0, 0.1) is 5.92 Å². The van der Waals surface area contributed by atoms with Gasteiger partial charge in [-0.15, -0.1) is 0 Å². The lowest BCUT2D eigenvalue weighted by Gasteiger charge is -2.16. The summed E-state index contributed by atoms with van der Waals surface area (Å²) in [6.07, 6.45) is 7.03. The van der Waals surface area contributed by atoms with Gasteiger partial charge in [0.25, 0.3) is 10.1 Å². The Balaban J connectivity index is 1.80. The zero-order valence-corrected chi connectivity index (χ0v) is 13.7. The number of carbonyl (C=O) groups is 1. The number of anilines is 2. The van der Waals surface area contributed by atoms with E-state index in [1.807, 2.05) is 0 Å². The molecule has 0 bridgehead atoms. The first-order valence-corrected chi connectivity index (χ1v) is 9.54. The first kappa shape index (κ1) is 16.3. The number of carbonyl (C=O) groups excluding carboxylic acids is 1. The summed E-state index contributed by atoms with van der Waals surface area (Å²) in [4.78, 5) is 11.7. The predicted molar refractivity (Wildman–Crippen MR) is 88.1 cm³/mol. The third-order valence-electron chi connectivity index (χ3n) is 4.43. The average Bonchev–Trinajstić information content (AvgIpc) is 3.11. The van der Waals surface area contributed by atoms with Crippen molar-refractivity contribution in [3.63, 3.8) is 0 Å². The van der Waals surface area contributed by atoms with Crippen LogP contribution in [0.15, 0.2) is 23.1 Å². The summed E-state index contributed by atoms with van der Waals surface area (Å²) in [6, 6.07) is 4.92. The van der Waals surface area contributed by atoms with Gasteiger partial charge in [0, 0.05) is 18.2 Å². The Labute approximate surface area is 136 Å². The Kier molecular flexibility index (Phi) is 4.59. The smallest absolute Gasteiger partial charge is 0.296 e. The van der Waals surface area contributed by atoms with E-state index in [9.17, 15) is 17.8 Å². The lowest BCUT2D eigenvalue weighted by Crippen LogP contribution is -2.17. The van der Waals surface area contributed by atoms with Gasteiger partial charge in [0.05, 0.1) is 5.69 Å². The monoisotopic (exact) mass is 338 g/mol. The Morgan fingerprint density at radius 2 is 1.87 bits per heavy atom. The van der Waals surface area contributed by atoms with Crippen LogP contribution in [0.1, 0.15) is 44.9 Å². The molecule has 126 valence electrons. The maximum Gasteiger partial charge on any atom is 0.296 e. The molecular formula is C16H22N2O4S. The minimum atomic E-state index is -4.38. The number of amides is 1. The van der Waals surface area contributed by atoms with Crippen LogP contribution in [0.5, 0.6) is 0 Å². The molecule has 1 amide bonds. The van der Waals surface area contributed by atoms with Gasteiger partial charge in [-0.05, 0) is 49.8 Å². The highest BCUT2D eigenvalue weighted by molar-refractivity contribution is 7.86. The van der Waals surface area contributed by atoms with E-state index in [0.29, 0.717) is 18.4 Å². The van der Waals surface area contributed by atoms with Gasteiger partial charge in [-0.1, -0.05) is 12.8 Å². The van der Waals surface area contributed by atoms with Gasteiger partial charge in [0.15, 0.2) is 0 Å². The van der Waals surface area contributed by atoms with Crippen molar-refractivity contribution in [2.24, 2.45) is 5.92 Å². The van der Waals surface area contributed by atoms with Crippen LogP contribution in [-0.2, 0) is 14.9 Å².